The van der Waals surface area contributed by atoms with Gasteiger partial charge in [0.15, 0.2) is 0 Å². The molecule has 1 aliphatic carbocycles. The minimum Gasteiger partial charge on any atom is -0.345 e. The van der Waals surface area contributed by atoms with Crippen molar-refractivity contribution >= 4 is 11.0 Å². The number of H-pyrrole nitrogens is 2. The Balaban J connectivity index is 0.00000308. The maximum atomic E-state index is 4.89. The second-order valence-corrected chi connectivity index (χ2v) is 10.2. The molecule has 6 rings (SSSR count). The Hall–Kier alpha value is -3.81. The molecule has 5 aromatic rings. The first kappa shape index (κ1) is 26.8. The van der Waals surface area contributed by atoms with Gasteiger partial charge in [0.2, 0.25) is 0 Å². The van der Waals surface area contributed by atoms with Crippen LogP contribution in [0.1, 0.15) is 73.0 Å². The maximum absolute atomic E-state index is 4.89. The normalized spacial score (nSPS) is 14.9. The van der Waals surface area contributed by atoms with Crippen LogP contribution in [0.5, 0.6) is 0 Å². The Morgan fingerprint density at radius 1 is 0.897 bits per heavy atom. The van der Waals surface area contributed by atoms with Gasteiger partial charge in [0, 0.05) is 44.1 Å². The number of nitrogens with one attached hydrogen (secondary N) is 3. The van der Waals surface area contributed by atoms with Crippen LogP contribution < -0.4 is 5.32 Å². The van der Waals surface area contributed by atoms with Crippen LogP contribution in [0.25, 0.3) is 11.0 Å². The van der Waals surface area contributed by atoms with Crippen molar-refractivity contribution in [3.8, 4) is 0 Å². The summed E-state index contributed by atoms with van der Waals surface area (Å²) in [7, 11) is 0. The molecule has 3 N–H and O–H groups in total. The fourth-order valence-corrected chi connectivity index (χ4v) is 5.50. The van der Waals surface area contributed by atoms with E-state index in [1.54, 1.807) is 0 Å². The van der Waals surface area contributed by atoms with Gasteiger partial charge in [-0.25, -0.2) is 9.97 Å². The molecule has 0 fully saturated rings. The molecule has 2 aromatic carbocycles. The Kier molecular flexibility index (Phi) is 8.49. The molecular formula is C32H39N7. The molecule has 0 saturated carbocycles. The van der Waals surface area contributed by atoms with E-state index in [0.717, 1.165) is 73.8 Å². The van der Waals surface area contributed by atoms with Crippen LogP contribution in [0.15, 0.2) is 73.1 Å². The van der Waals surface area contributed by atoms with Crippen molar-refractivity contribution in [1.82, 2.24) is 35.1 Å². The quantitative estimate of drug-likeness (QED) is 0.202. The third kappa shape index (κ3) is 6.27. The predicted octanol–water partition coefficient (Wildman–Crippen LogP) is 6.25. The second kappa shape index (κ2) is 12.4. The number of hydrogen-bond donors (Lipinski definition) is 3. The lowest BCUT2D eigenvalue weighted by Gasteiger charge is -2.34. The van der Waals surface area contributed by atoms with Crippen molar-refractivity contribution < 1.29 is 0 Å². The van der Waals surface area contributed by atoms with Gasteiger partial charge in [-0.15, -0.1) is 0 Å². The van der Waals surface area contributed by atoms with E-state index in [4.69, 9.17) is 9.97 Å². The number of para-hydroxylation sites is 2. The van der Waals surface area contributed by atoms with Gasteiger partial charge in [-0.3, -0.25) is 9.88 Å². The summed E-state index contributed by atoms with van der Waals surface area (Å²) in [5.74, 6) is 2.04. The summed E-state index contributed by atoms with van der Waals surface area (Å²) in [5.41, 5.74) is 8.40. The zero-order valence-corrected chi connectivity index (χ0v) is 22.0. The van der Waals surface area contributed by atoms with Gasteiger partial charge in [0.05, 0.1) is 29.3 Å². The molecule has 0 amide bonds. The number of fused-ring (bicyclic) bond motifs is 2. The highest BCUT2D eigenvalue weighted by Crippen LogP contribution is 2.34. The van der Waals surface area contributed by atoms with E-state index in [2.05, 4.69) is 86.7 Å². The zero-order valence-electron chi connectivity index (χ0n) is 22.0. The van der Waals surface area contributed by atoms with Crippen molar-refractivity contribution in [3.05, 3.63) is 113 Å². The molecule has 3 heterocycles. The van der Waals surface area contributed by atoms with E-state index >= 15 is 0 Å². The molecular weight excluding hydrogens is 482 g/mol. The highest BCUT2D eigenvalue weighted by Gasteiger charge is 2.28. The fraction of sp³-hybridized carbons (Fsp3) is 0.344. The molecule has 0 bridgehead atoms. The number of pyridine rings is 1. The van der Waals surface area contributed by atoms with Crippen molar-refractivity contribution in [2.45, 2.75) is 72.3 Å². The second-order valence-electron chi connectivity index (χ2n) is 10.2. The molecule has 39 heavy (non-hydrogen) atoms. The number of aromatic nitrogens is 5. The summed E-state index contributed by atoms with van der Waals surface area (Å²) in [6.07, 6.45) is 8.18. The molecule has 7 heteroatoms. The van der Waals surface area contributed by atoms with Gasteiger partial charge in [-0.2, -0.15) is 0 Å². The summed E-state index contributed by atoms with van der Waals surface area (Å²) < 4.78 is 0. The Bertz CT molecular complexity index is 1450. The van der Waals surface area contributed by atoms with Crippen LogP contribution in [0, 0.1) is 0 Å². The third-order valence-electron chi connectivity index (χ3n) is 7.47. The lowest BCUT2D eigenvalue weighted by atomic mass is 9.90. The zero-order chi connectivity index (χ0) is 25.7. The highest BCUT2D eigenvalue weighted by molar-refractivity contribution is 5.74. The van der Waals surface area contributed by atoms with Gasteiger partial charge < -0.3 is 15.3 Å². The number of aromatic amines is 2. The topological polar surface area (TPSA) is 85.5 Å². The molecule has 1 aliphatic rings. The van der Waals surface area contributed by atoms with Gasteiger partial charge in [0.25, 0.3) is 0 Å². The molecule has 7 nitrogen and oxygen atoms in total. The average Bonchev–Trinajstić information content (AvgIpc) is 3.59. The summed E-state index contributed by atoms with van der Waals surface area (Å²) in [6, 6.07) is 21.8. The number of benzene rings is 2. The van der Waals surface area contributed by atoms with E-state index in [9.17, 15) is 0 Å². The first-order valence-corrected chi connectivity index (χ1v) is 13.7. The SMILES string of the molecule is C.CCc1ncc(CNCc2ccc(CN(Cc3nc4ccccc4[nH]3)C3CCCc4cccnc43)cc2)[nH]1. The standard InChI is InChI=1S/C31H35N7.CH4/c1-2-29-34-19-25(35-29)18-32-17-22-12-14-23(15-13-22)20-38(21-30-36-26-9-3-4-10-27(26)37-30)28-11-5-7-24-8-6-16-33-31(24)28;/h3-4,6,8-10,12-16,19,28,32H,2,5,7,11,17-18,20-21H2,1H3,(H,34,35)(H,36,37);1H4. The molecule has 202 valence electrons. The van der Waals surface area contributed by atoms with E-state index < -0.39 is 0 Å². The van der Waals surface area contributed by atoms with Crippen LogP contribution in [-0.2, 0) is 39.0 Å². The minimum absolute atomic E-state index is 0. The van der Waals surface area contributed by atoms with E-state index in [0.29, 0.717) is 0 Å². The number of aryl methyl sites for hydroxylation is 2. The van der Waals surface area contributed by atoms with E-state index in [1.807, 2.05) is 18.5 Å². The average molecular weight is 522 g/mol. The molecule has 0 saturated heterocycles. The summed E-state index contributed by atoms with van der Waals surface area (Å²) in [4.78, 5) is 23.5. The summed E-state index contributed by atoms with van der Waals surface area (Å²) in [5, 5.41) is 3.52. The minimum atomic E-state index is 0. The Labute approximate surface area is 231 Å². The Morgan fingerprint density at radius 3 is 2.56 bits per heavy atom. The van der Waals surface area contributed by atoms with E-state index in [1.165, 1.54) is 28.8 Å². The molecule has 0 aliphatic heterocycles. The smallest absolute Gasteiger partial charge is 0.121 e. The predicted molar refractivity (Wildman–Crippen MR) is 157 cm³/mol. The van der Waals surface area contributed by atoms with Crippen LogP contribution in [-0.4, -0.2) is 29.8 Å². The van der Waals surface area contributed by atoms with E-state index in [-0.39, 0.29) is 13.5 Å². The maximum Gasteiger partial charge on any atom is 0.121 e. The molecule has 0 radical (unpaired) electrons. The van der Waals surface area contributed by atoms with Crippen LogP contribution in [0.4, 0.5) is 0 Å². The Morgan fingerprint density at radius 2 is 1.74 bits per heavy atom. The molecule has 0 spiro atoms. The number of imidazole rings is 2. The number of rotatable bonds is 10. The van der Waals surface area contributed by atoms with Crippen molar-refractivity contribution in [2.75, 3.05) is 0 Å². The summed E-state index contributed by atoms with van der Waals surface area (Å²) in [6.45, 7) is 5.32. The van der Waals surface area contributed by atoms with Crippen LogP contribution >= 0.6 is 0 Å². The largest absolute Gasteiger partial charge is 0.345 e. The fourth-order valence-electron chi connectivity index (χ4n) is 5.50. The highest BCUT2D eigenvalue weighted by atomic mass is 15.2. The van der Waals surface area contributed by atoms with Crippen molar-refractivity contribution in [1.29, 1.82) is 0 Å². The first-order valence-electron chi connectivity index (χ1n) is 13.7. The number of hydrogen-bond acceptors (Lipinski definition) is 5. The number of nitrogens with zero attached hydrogens (tertiary/aromatic N) is 4. The first-order chi connectivity index (χ1) is 18.7. The van der Waals surface area contributed by atoms with Crippen LogP contribution in [0.2, 0.25) is 0 Å². The molecule has 3 aromatic heterocycles. The van der Waals surface area contributed by atoms with Crippen molar-refractivity contribution in [3.63, 3.8) is 0 Å². The lowest BCUT2D eigenvalue weighted by molar-refractivity contribution is 0.153. The summed E-state index contributed by atoms with van der Waals surface area (Å²) >= 11 is 0. The van der Waals surface area contributed by atoms with Gasteiger partial charge in [-0.1, -0.05) is 56.8 Å². The van der Waals surface area contributed by atoms with Crippen LogP contribution in [0.3, 0.4) is 0 Å². The molecule has 1 unspecified atom stereocenters. The molecule has 1 atom stereocenters. The van der Waals surface area contributed by atoms with Gasteiger partial charge in [0.1, 0.15) is 11.6 Å². The van der Waals surface area contributed by atoms with Crippen molar-refractivity contribution in [2.24, 2.45) is 0 Å². The van der Waals surface area contributed by atoms with Gasteiger partial charge >= 0.3 is 0 Å². The van der Waals surface area contributed by atoms with Gasteiger partial charge in [-0.05, 0) is 54.2 Å². The monoisotopic (exact) mass is 521 g/mol. The lowest BCUT2D eigenvalue weighted by Crippen LogP contribution is -2.31. The third-order valence-corrected chi connectivity index (χ3v) is 7.47.